The minimum absolute atomic E-state index is 0.134. The molecule has 0 amide bonds. The van der Waals surface area contributed by atoms with Crippen molar-refractivity contribution in [2.45, 2.75) is 18.2 Å². The summed E-state index contributed by atoms with van der Waals surface area (Å²) in [6.45, 7) is 2.27. The van der Waals surface area contributed by atoms with E-state index in [2.05, 4.69) is 20.8 Å². The zero-order valence-corrected chi connectivity index (χ0v) is 15.2. The Morgan fingerprint density at radius 1 is 1.27 bits per heavy atom. The van der Waals surface area contributed by atoms with Crippen LogP contribution in [-0.4, -0.2) is 32.0 Å². The van der Waals surface area contributed by atoms with E-state index in [1.165, 1.54) is 19.2 Å². The highest BCUT2D eigenvalue weighted by atomic mass is 32.2. The number of aromatic amines is 1. The molecular weight excluding hydrogens is 352 g/mol. The third-order valence-electron chi connectivity index (χ3n) is 3.89. The molecule has 2 aromatic carbocycles. The number of hydrogen-bond donors (Lipinski definition) is 2. The van der Waals surface area contributed by atoms with Crippen LogP contribution in [0.2, 0.25) is 0 Å². The predicted molar refractivity (Wildman–Crippen MR) is 98.3 cm³/mol. The van der Waals surface area contributed by atoms with Crippen LogP contribution in [0.25, 0.3) is 22.4 Å². The van der Waals surface area contributed by atoms with Crippen LogP contribution in [0.1, 0.15) is 18.9 Å². The molecule has 0 atom stereocenters. The molecule has 1 heterocycles. The molecule has 0 aliphatic rings. The average Bonchev–Trinajstić information content (AvgIpc) is 3.08. The van der Waals surface area contributed by atoms with Gasteiger partial charge in [-0.15, -0.1) is 0 Å². The van der Waals surface area contributed by atoms with Gasteiger partial charge in [0.15, 0.2) is 0 Å². The first-order valence-electron chi connectivity index (χ1n) is 8.06. The number of nitrogens with one attached hydrogen (secondary N) is 2. The average molecular weight is 370 g/mol. The molecule has 2 N–H and O–H groups in total. The maximum absolute atomic E-state index is 12.3. The summed E-state index contributed by atoms with van der Waals surface area (Å²) >= 11 is 0. The number of nitriles is 1. The van der Waals surface area contributed by atoms with Crippen molar-refractivity contribution in [1.82, 2.24) is 14.7 Å². The lowest BCUT2D eigenvalue weighted by molar-refractivity contribution is 0.415. The monoisotopic (exact) mass is 370 g/mol. The van der Waals surface area contributed by atoms with E-state index >= 15 is 0 Å². The van der Waals surface area contributed by atoms with Crippen molar-refractivity contribution in [3.63, 3.8) is 0 Å². The largest absolute Gasteiger partial charge is 0.496 e. The van der Waals surface area contributed by atoms with Crippen molar-refractivity contribution in [2.75, 3.05) is 13.7 Å². The summed E-state index contributed by atoms with van der Waals surface area (Å²) in [5.41, 5.74) is 2.60. The zero-order chi connectivity index (χ0) is 18.7. The van der Waals surface area contributed by atoms with Crippen LogP contribution < -0.4 is 9.46 Å². The first-order valence-corrected chi connectivity index (χ1v) is 9.54. The number of ether oxygens (including phenoxy) is 1. The summed E-state index contributed by atoms with van der Waals surface area (Å²) in [4.78, 5) is 7.78. The van der Waals surface area contributed by atoms with Crippen LogP contribution in [0.4, 0.5) is 0 Å². The van der Waals surface area contributed by atoms with Crippen molar-refractivity contribution >= 4 is 21.1 Å². The molecule has 0 bridgehead atoms. The second-order valence-electron chi connectivity index (χ2n) is 5.69. The van der Waals surface area contributed by atoms with Gasteiger partial charge in [0, 0.05) is 12.6 Å². The van der Waals surface area contributed by atoms with E-state index in [1.54, 1.807) is 24.3 Å². The third kappa shape index (κ3) is 3.40. The molecule has 0 saturated heterocycles. The van der Waals surface area contributed by atoms with Gasteiger partial charge in [0.2, 0.25) is 10.0 Å². The number of sulfonamides is 1. The van der Waals surface area contributed by atoms with Crippen LogP contribution >= 0.6 is 0 Å². The molecule has 0 spiro atoms. The molecule has 3 rings (SSSR count). The second-order valence-corrected chi connectivity index (χ2v) is 7.46. The molecule has 0 aliphatic carbocycles. The highest BCUT2D eigenvalue weighted by molar-refractivity contribution is 7.89. The first kappa shape index (κ1) is 17.9. The number of methoxy groups -OCH3 is 1. The summed E-state index contributed by atoms with van der Waals surface area (Å²) in [5, 5.41) is 9.00. The van der Waals surface area contributed by atoms with Crippen LogP contribution in [-0.2, 0) is 10.0 Å². The van der Waals surface area contributed by atoms with Crippen LogP contribution in [0, 0.1) is 11.3 Å². The molecule has 0 radical (unpaired) electrons. The van der Waals surface area contributed by atoms with Crippen molar-refractivity contribution in [3.8, 4) is 23.2 Å². The summed E-state index contributed by atoms with van der Waals surface area (Å²) < 4.78 is 32.5. The van der Waals surface area contributed by atoms with Crippen LogP contribution in [0.5, 0.6) is 5.75 Å². The molecular formula is C18H18N4O3S. The van der Waals surface area contributed by atoms with Gasteiger partial charge in [-0.1, -0.05) is 6.92 Å². The van der Waals surface area contributed by atoms with E-state index in [4.69, 9.17) is 10.00 Å². The van der Waals surface area contributed by atoms with Crippen molar-refractivity contribution in [2.24, 2.45) is 0 Å². The summed E-state index contributed by atoms with van der Waals surface area (Å²) in [6, 6.07) is 11.9. The fourth-order valence-electron chi connectivity index (χ4n) is 2.56. The summed E-state index contributed by atoms with van der Waals surface area (Å²) in [6.07, 6.45) is 0.706. The molecule has 0 saturated carbocycles. The highest BCUT2D eigenvalue weighted by Gasteiger charge is 2.18. The Bertz CT molecular complexity index is 1100. The number of nitrogens with zero attached hydrogens (tertiary/aromatic N) is 2. The second kappa shape index (κ2) is 7.15. The molecule has 0 fully saturated rings. The van der Waals surface area contributed by atoms with Crippen LogP contribution in [0.15, 0.2) is 41.3 Å². The van der Waals surface area contributed by atoms with Gasteiger partial charge < -0.3 is 9.72 Å². The van der Waals surface area contributed by atoms with Crippen LogP contribution in [0.3, 0.4) is 0 Å². The first-order chi connectivity index (χ1) is 12.5. The molecule has 134 valence electrons. The number of fused-ring (bicyclic) bond motifs is 1. The minimum atomic E-state index is -3.58. The van der Waals surface area contributed by atoms with E-state index in [9.17, 15) is 8.42 Å². The summed E-state index contributed by atoms with van der Waals surface area (Å²) in [7, 11) is -2.11. The van der Waals surface area contributed by atoms with Crippen molar-refractivity contribution in [1.29, 1.82) is 5.26 Å². The Morgan fingerprint density at radius 3 is 2.77 bits per heavy atom. The van der Waals surface area contributed by atoms with Gasteiger partial charge in [0.1, 0.15) is 11.6 Å². The lowest BCUT2D eigenvalue weighted by Gasteiger charge is -2.10. The van der Waals surface area contributed by atoms with Gasteiger partial charge in [-0.05, 0) is 36.8 Å². The molecule has 1 aromatic heterocycles. The predicted octanol–water partition coefficient (Wildman–Crippen LogP) is 2.80. The number of H-pyrrole nitrogens is 1. The fraction of sp³-hybridized carbons (Fsp3) is 0.222. The van der Waals surface area contributed by atoms with Gasteiger partial charge in [-0.25, -0.2) is 18.1 Å². The standard InChI is InChI=1S/C18H18N4O3S/c1-3-8-20-26(23,24)13-5-6-14(17(10-13)25-2)18-21-15-7-4-12(11-19)9-16(15)22-18/h4-7,9-10,20H,3,8H2,1-2H3,(H,21,22). The lowest BCUT2D eigenvalue weighted by Crippen LogP contribution is -2.24. The quantitative estimate of drug-likeness (QED) is 0.694. The number of rotatable bonds is 6. The molecule has 26 heavy (non-hydrogen) atoms. The van der Waals surface area contributed by atoms with Gasteiger partial charge in [-0.3, -0.25) is 0 Å². The zero-order valence-electron chi connectivity index (χ0n) is 14.4. The highest BCUT2D eigenvalue weighted by Crippen LogP contribution is 2.31. The minimum Gasteiger partial charge on any atom is -0.496 e. The SMILES string of the molecule is CCCNS(=O)(=O)c1ccc(-c2nc3ccc(C#N)cc3[nH]2)c(OC)c1. The van der Waals surface area contributed by atoms with E-state index in [-0.39, 0.29) is 4.90 Å². The van der Waals surface area contributed by atoms with Gasteiger partial charge in [0.05, 0.1) is 40.2 Å². The molecule has 7 nitrogen and oxygen atoms in total. The number of hydrogen-bond acceptors (Lipinski definition) is 5. The Morgan fingerprint density at radius 2 is 2.08 bits per heavy atom. The Hall–Kier alpha value is -2.89. The van der Waals surface area contributed by atoms with Crippen molar-refractivity contribution in [3.05, 3.63) is 42.0 Å². The van der Waals surface area contributed by atoms with Gasteiger partial charge >= 0.3 is 0 Å². The molecule has 8 heteroatoms. The van der Waals surface area contributed by atoms with E-state index in [1.807, 2.05) is 6.92 Å². The smallest absolute Gasteiger partial charge is 0.240 e. The van der Waals surface area contributed by atoms with E-state index in [0.717, 1.165) is 5.52 Å². The molecule has 3 aromatic rings. The number of benzene rings is 2. The number of imidazole rings is 1. The Balaban J connectivity index is 2.04. The topological polar surface area (TPSA) is 108 Å². The maximum Gasteiger partial charge on any atom is 0.240 e. The Labute approximate surface area is 151 Å². The number of aromatic nitrogens is 2. The summed E-state index contributed by atoms with van der Waals surface area (Å²) in [5.74, 6) is 0.932. The fourth-order valence-corrected chi connectivity index (χ4v) is 3.71. The van der Waals surface area contributed by atoms with Gasteiger partial charge in [-0.2, -0.15) is 5.26 Å². The lowest BCUT2D eigenvalue weighted by atomic mass is 10.2. The van der Waals surface area contributed by atoms with E-state index in [0.29, 0.717) is 41.2 Å². The molecule has 0 unspecified atom stereocenters. The normalized spacial score (nSPS) is 11.4. The molecule has 0 aliphatic heterocycles. The third-order valence-corrected chi connectivity index (χ3v) is 5.35. The maximum atomic E-state index is 12.3. The Kier molecular flexibility index (Phi) is 4.93. The van der Waals surface area contributed by atoms with Crippen molar-refractivity contribution < 1.29 is 13.2 Å². The van der Waals surface area contributed by atoms with E-state index < -0.39 is 10.0 Å². The van der Waals surface area contributed by atoms with Gasteiger partial charge in [0.25, 0.3) is 0 Å².